The Balaban J connectivity index is 0.000000396. The van der Waals surface area contributed by atoms with Gasteiger partial charge in [-0.3, -0.25) is 0 Å². The maximum absolute atomic E-state index is 5.57. The molecule has 0 fully saturated rings. The van der Waals surface area contributed by atoms with E-state index in [-0.39, 0.29) is 0 Å². The topological polar surface area (TPSA) is 38.9 Å². The van der Waals surface area contributed by atoms with Gasteiger partial charge in [0.05, 0.1) is 10.2 Å². The third-order valence-corrected chi connectivity index (χ3v) is 2.49. The first-order valence-corrected chi connectivity index (χ1v) is 5.20. The number of nitrogens with zero attached hydrogens (tertiary/aromatic N) is 1. The highest BCUT2D eigenvalue weighted by Crippen LogP contribution is 2.25. The molecule has 0 bridgehead atoms. The van der Waals surface area contributed by atoms with E-state index in [2.05, 4.69) is 4.98 Å². The van der Waals surface area contributed by atoms with Crippen LogP contribution in [0, 0.1) is 6.92 Å². The Hall–Kier alpha value is -1.09. The summed E-state index contributed by atoms with van der Waals surface area (Å²) >= 11 is 1.53. The number of hydrogen-bond acceptors (Lipinski definition) is 3. The highest BCUT2D eigenvalue weighted by atomic mass is 32.1. The molecule has 0 aliphatic heterocycles. The molecule has 0 aliphatic rings. The minimum atomic E-state index is 0.648. The largest absolute Gasteiger partial charge is 0.375 e. The number of aryl methyl sites for hydroxylation is 1. The van der Waals surface area contributed by atoms with Gasteiger partial charge >= 0.3 is 0 Å². The van der Waals surface area contributed by atoms with Crippen LogP contribution in [0.1, 0.15) is 19.4 Å². The number of rotatable bonds is 0. The highest BCUT2D eigenvalue weighted by molar-refractivity contribution is 7.22. The molecule has 1 heterocycles. The van der Waals surface area contributed by atoms with Gasteiger partial charge in [-0.1, -0.05) is 37.3 Å². The fourth-order valence-electron chi connectivity index (χ4n) is 1.10. The van der Waals surface area contributed by atoms with E-state index in [0.717, 1.165) is 5.52 Å². The normalized spacial score (nSPS) is 9.46. The molecule has 3 heteroatoms. The van der Waals surface area contributed by atoms with E-state index in [1.807, 2.05) is 39.0 Å². The lowest BCUT2D eigenvalue weighted by molar-refractivity contribution is 1.43. The molecule has 0 radical (unpaired) electrons. The smallest absolute Gasteiger partial charge is 0.181 e. The van der Waals surface area contributed by atoms with Crippen molar-refractivity contribution < 1.29 is 0 Å². The number of fused-ring (bicyclic) bond motifs is 1. The SMILES string of the molecule is CC.Cc1cccc2sc(N)nc12. The van der Waals surface area contributed by atoms with Crippen molar-refractivity contribution in [3.8, 4) is 0 Å². The quantitative estimate of drug-likeness (QED) is 0.699. The van der Waals surface area contributed by atoms with E-state index in [1.54, 1.807) is 0 Å². The zero-order chi connectivity index (χ0) is 9.84. The van der Waals surface area contributed by atoms with Gasteiger partial charge in [-0.05, 0) is 18.6 Å². The molecule has 0 amide bonds. The monoisotopic (exact) mass is 194 g/mol. The Morgan fingerprint density at radius 3 is 2.62 bits per heavy atom. The van der Waals surface area contributed by atoms with E-state index in [4.69, 9.17) is 5.73 Å². The third-order valence-electron chi connectivity index (χ3n) is 1.64. The van der Waals surface area contributed by atoms with Crippen molar-refractivity contribution in [3.63, 3.8) is 0 Å². The number of anilines is 1. The number of benzene rings is 1. The zero-order valence-electron chi connectivity index (χ0n) is 8.16. The van der Waals surface area contributed by atoms with Crippen LogP contribution in [0.2, 0.25) is 0 Å². The van der Waals surface area contributed by atoms with Crippen LogP contribution in [0.5, 0.6) is 0 Å². The number of nitrogens with two attached hydrogens (primary N) is 1. The van der Waals surface area contributed by atoms with Gasteiger partial charge in [0.1, 0.15) is 0 Å². The fraction of sp³-hybridized carbons (Fsp3) is 0.300. The second-order valence-corrected chi connectivity index (χ2v) is 3.54. The van der Waals surface area contributed by atoms with Crippen LogP contribution in [0.4, 0.5) is 5.13 Å². The molecule has 2 nitrogen and oxygen atoms in total. The highest BCUT2D eigenvalue weighted by Gasteiger charge is 2.01. The van der Waals surface area contributed by atoms with Gasteiger partial charge in [0, 0.05) is 0 Å². The molecule has 2 rings (SSSR count). The predicted octanol–water partition coefficient (Wildman–Crippen LogP) is 3.21. The average Bonchev–Trinajstić information content (AvgIpc) is 2.51. The standard InChI is InChI=1S/C8H8N2S.C2H6/c1-5-3-2-4-6-7(5)10-8(9)11-6;1-2/h2-4H,1H3,(H2,9,10);1-2H3. The van der Waals surface area contributed by atoms with Gasteiger partial charge in [0.15, 0.2) is 5.13 Å². The van der Waals surface area contributed by atoms with Crippen molar-refractivity contribution in [2.45, 2.75) is 20.8 Å². The molecule has 70 valence electrons. The molecule has 0 spiro atoms. The predicted molar refractivity (Wildman–Crippen MR) is 60.1 cm³/mol. The average molecular weight is 194 g/mol. The van der Waals surface area contributed by atoms with Gasteiger partial charge in [0.2, 0.25) is 0 Å². The Bertz CT molecular complexity index is 393. The van der Waals surface area contributed by atoms with Gasteiger partial charge in [-0.25, -0.2) is 4.98 Å². The summed E-state index contributed by atoms with van der Waals surface area (Å²) in [6.45, 7) is 6.04. The fourth-order valence-corrected chi connectivity index (χ4v) is 1.92. The molecular weight excluding hydrogens is 180 g/mol. The third kappa shape index (κ3) is 1.98. The lowest BCUT2D eigenvalue weighted by Crippen LogP contribution is -1.80. The molecule has 2 N–H and O–H groups in total. The van der Waals surface area contributed by atoms with E-state index >= 15 is 0 Å². The summed E-state index contributed by atoms with van der Waals surface area (Å²) in [5.41, 5.74) is 7.79. The van der Waals surface area contributed by atoms with Gasteiger partial charge in [-0.15, -0.1) is 0 Å². The molecule has 1 aromatic heterocycles. The Labute approximate surface area is 82.4 Å². The van der Waals surface area contributed by atoms with Crippen LogP contribution in [-0.2, 0) is 0 Å². The van der Waals surface area contributed by atoms with E-state index in [0.29, 0.717) is 5.13 Å². The maximum atomic E-state index is 5.57. The zero-order valence-corrected chi connectivity index (χ0v) is 8.98. The number of para-hydroxylation sites is 1. The van der Waals surface area contributed by atoms with Crippen LogP contribution in [0.15, 0.2) is 18.2 Å². The van der Waals surface area contributed by atoms with Crippen molar-refractivity contribution in [2.75, 3.05) is 5.73 Å². The molecular formula is C10H14N2S. The molecule has 0 unspecified atom stereocenters. The van der Waals surface area contributed by atoms with Crippen molar-refractivity contribution in [1.29, 1.82) is 0 Å². The maximum Gasteiger partial charge on any atom is 0.181 e. The second-order valence-electron chi connectivity index (χ2n) is 2.47. The molecule has 1 aromatic carbocycles. The van der Waals surface area contributed by atoms with E-state index in [9.17, 15) is 0 Å². The lowest BCUT2D eigenvalue weighted by atomic mass is 10.2. The van der Waals surface area contributed by atoms with Crippen molar-refractivity contribution in [1.82, 2.24) is 4.98 Å². The molecule has 0 saturated heterocycles. The first-order valence-electron chi connectivity index (χ1n) is 4.39. The van der Waals surface area contributed by atoms with Crippen LogP contribution < -0.4 is 5.73 Å². The van der Waals surface area contributed by atoms with E-state index in [1.165, 1.54) is 21.6 Å². The number of aromatic nitrogens is 1. The van der Waals surface area contributed by atoms with Gasteiger partial charge in [-0.2, -0.15) is 0 Å². The van der Waals surface area contributed by atoms with E-state index < -0.39 is 0 Å². The molecule has 0 saturated carbocycles. The Morgan fingerprint density at radius 2 is 2.00 bits per heavy atom. The summed E-state index contributed by atoms with van der Waals surface area (Å²) < 4.78 is 1.17. The van der Waals surface area contributed by atoms with Crippen molar-refractivity contribution >= 4 is 26.7 Å². The first-order chi connectivity index (χ1) is 6.27. The summed E-state index contributed by atoms with van der Waals surface area (Å²) in [4.78, 5) is 4.21. The van der Waals surface area contributed by atoms with Crippen molar-refractivity contribution in [2.24, 2.45) is 0 Å². The van der Waals surface area contributed by atoms with Crippen LogP contribution >= 0.6 is 11.3 Å². The lowest BCUT2D eigenvalue weighted by Gasteiger charge is -1.89. The molecule has 2 aromatic rings. The van der Waals surface area contributed by atoms with Gasteiger partial charge < -0.3 is 5.73 Å². The Kier molecular flexibility index (Phi) is 3.25. The second kappa shape index (κ2) is 4.23. The molecule has 13 heavy (non-hydrogen) atoms. The summed E-state index contributed by atoms with van der Waals surface area (Å²) in [6.07, 6.45) is 0. The van der Waals surface area contributed by atoms with Crippen LogP contribution in [0.3, 0.4) is 0 Å². The number of thiazole rings is 1. The number of nitrogen functional groups attached to an aromatic ring is 1. The Morgan fingerprint density at radius 1 is 1.31 bits per heavy atom. The minimum absolute atomic E-state index is 0.648. The summed E-state index contributed by atoms with van der Waals surface area (Å²) in [5.74, 6) is 0. The summed E-state index contributed by atoms with van der Waals surface area (Å²) in [5, 5.41) is 0.648. The minimum Gasteiger partial charge on any atom is -0.375 e. The molecule has 0 atom stereocenters. The van der Waals surface area contributed by atoms with Gasteiger partial charge in [0.25, 0.3) is 0 Å². The first kappa shape index (κ1) is 9.99. The summed E-state index contributed by atoms with van der Waals surface area (Å²) in [6, 6.07) is 6.10. The van der Waals surface area contributed by atoms with Crippen molar-refractivity contribution in [3.05, 3.63) is 23.8 Å². The molecule has 0 aliphatic carbocycles. The number of hydrogen-bond donors (Lipinski definition) is 1. The van der Waals surface area contributed by atoms with Crippen LogP contribution in [0.25, 0.3) is 10.2 Å². The summed E-state index contributed by atoms with van der Waals surface area (Å²) in [7, 11) is 0. The van der Waals surface area contributed by atoms with Crippen LogP contribution in [-0.4, -0.2) is 4.98 Å².